The third-order valence-corrected chi connectivity index (χ3v) is 9.19. The first-order valence-corrected chi connectivity index (χ1v) is 15.6. The Kier molecular flexibility index (Phi) is 10.5. The number of nitrogens with zero attached hydrogens (tertiary/aromatic N) is 3. The minimum Gasteiger partial charge on any atom is -0.497 e. The van der Waals surface area contributed by atoms with Crippen molar-refractivity contribution in [2.75, 3.05) is 39.3 Å². The van der Waals surface area contributed by atoms with Crippen LogP contribution >= 0.6 is 23.2 Å². The van der Waals surface area contributed by atoms with Gasteiger partial charge in [0, 0.05) is 34.1 Å². The number of amides is 1. The van der Waals surface area contributed by atoms with Crippen molar-refractivity contribution in [1.29, 1.82) is 0 Å². The SMILES string of the molecule is COc1ccc(OC)c(N(CC(=O)N/N=C\c2cc(C)n(-c3ccc(Cl)cc3Cl)c2C)S(=O)(=O)c2ccc(OC)c(OC)c2)c1. The normalized spacial score (nSPS) is 11.4. The molecule has 0 aliphatic rings. The summed E-state index contributed by atoms with van der Waals surface area (Å²) in [4.78, 5) is 13.1. The summed E-state index contributed by atoms with van der Waals surface area (Å²) in [5, 5.41) is 5.10. The van der Waals surface area contributed by atoms with Crippen LogP contribution < -0.4 is 28.7 Å². The van der Waals surface area contributed by atoms with Crippen molar-refractivity contribution in [1.82, 2.24) is 9.99 Å². The maximum atomic E-state index is 14.1. The Labute approximate surface area is 271 Å². The Morgan fingerprint density at radius 1 is 0.889 bits per heavy atom. The summed E-state index contributed by atoms with van der Waals surface area (Å²) in [7, 11) is 1.30. The van der Waals surface area contributed by atoms with Crippen LogP contribution in [0, 0.1) is 13.8 Å². The molecule has 0 aliphatic heterocycles. The molecule has 0 unspecified atom stereocenters. The average Bonchev–Trinajstić information content (AvgIpc) is 3.30. The second-order valence-electron chi connectivity index (χ2n) is 9.62. The zero-order chi connectivity index (χ0) is 32.9. The minimum absolute atomic E-state index is 0.0779. The van der Waals surface area contributed by atoms with Gasteiger partial charge in [-0.05, 0) is 62.4 Å². The van der Waals surface area contributed by atoms with E-state index in [1.165, 1.54) is 58.9 Å². The number of nitrogens with one attached hydrogen (secondary N) is 1. The van der Waals surface area contributed by atoms with Gasteiger partial charge in [0.25, 0.3) is 15.9 Å². The number of anilines is 1. The van der Waals surface area contributed by atoms with Gasteiger partial charge in [0.05, 0.1) is 55.9 Å². The van der Waals surface area contributed by atoms with Crippen LogP contribution in [-0.2, 0) is 14.8 Å². The zero-order valence-corrected chi connectivity index (χ0v) is 27.7. The number of methoxy groups -OCH3 is 4. The fourth-order valence-electron chi connectivity index (χ4n) is 4.69. The molecule has 11 nitrogen and oxygen atoms in total. The number of aryl methyl sites for hydroxylation is 1. The molecule has 1 heterocycles. The van der Waals surface area contributed by atoms with E-state index < -0.39 is 22.5 Å². The summed E-state index contributed by atoms with van der Waals surface area (Å²) >= 11 is 12.5. The van der Waals surface area contributed by atoms with Gasteiger partial charge in [-0.2, -0.15) is 5.10 Å². The first-order chi connectivity index (χ1) is 21.4. The van der Waals surface area contributed by atoms with Gasteiger partial charge in [-0.3, -0.25) is 9.10 Å². The summed E-state index contributed by atoms with van der Waals surface area (Å²) in [6.45, 7) is 3.15. The highest BCUT2D eigenvalue weighted by Crippen LogP contribution is 2.37. The highest BCUT2D eigenvalue weighted by atomic mass is 35.5. The highest BCUT2D eigenvalue weighted by molar-refractivity contribution is 7.92. The lowest BCUT2D eigenvalue weighted by atomic mass is 10.2. The monoisotopic (exact) mass is 674 g/mol. The van der Waals surface area contributed by atoms with Gasteiger partial charge in [-0.1, -0.05) is 23.2 Å². The lowest BCUT2D eigenvalue weighted by Gasteiger charge is -2.26. The molecule has 0 saturated carbocycles. The van der Waals surface area contributed by atoms with E-state index in [2.05, 4.69) is 10.5 Å². The summed E-state index contributed by atoms with van der Waals surface area (Å²) in [6, 6.07) is 15.8. The number of halogens is 2. The highest BCUT2D eigenvalue weighted by Gasteiger charge is 2.31. The molecule has 0 atom stereocenters. The Hall–Kier alpha value is -4.39. The molecular weight excluding hydrogens is 643 g/mol. The molecule has 1 amide bonds. The number of ether oxygens (including phenoxy) is 4. The molecule has 4 aromatic rings. The van der Waals surface area contributed by atoms with Crippen LogP contribution in [0.3, 0.4) is 0 Å². The smallest absolute Gasteiger partial charge is 0.265 e. The first kappa shape index (κ1) is 33.5. The third-order valence-electron chi connectivity index (χ3n) is 6.90. The minimum atomic E-state index is -4.36. The Morgan fingerprint density at radius 2 is 1.58 bits per heavy atom. The van der Waals surface area contributed by atoms with Gasteiger partial charge in [0.1, 0.15) is 18.0 Å². The predicted molar refractivity (Wildman–Crippen MR) is 175 cm³/mol. The topological polar surface area (TPSA) is 121 Å². The number of benzene rings is 3. The fourth-order valence-corrected chi connectivity index (χ4v) is 6.62. The molecule has 45 heavy (non-hydrogen) atoms. The first-order valence-electron chi connectivity index (χ1n) is 13.4. The van der Waals surface area contributed by atoms with E-state index in [1.807, 2.05) is 30.5 Å². The molecule has 238 valence electrons. The van der Waals surface area contributed by atoms with Crippen molar-refractivity contribution in [2.24, 2.45) is 5.10 Å². The van der Waals surface area contributed by atoms with E-state index in [-0.39, 0.29) is 22.1 Å². The van der Waals surface area contributed by atoms with E-state index in [0.717, 1.165) is 21.4 Å². The van der Waals surface area contributed by atoms with Crippen LogP contribution in [-0.4, -0.2) is 60.1 Å². The largest absolute Gasteiger partial charge is 0.497 e. The maximum absolute atomic E-state index is 14.1. The van der Waals surface area contributed by atoms with E-state index in [0.29, 0.717) is 27.1 Å². The summed E-state index contributed by atoms with van der Waals surface area (Å²) in [6.07, 6.45) is 1.47. The molecule has 0 radical (unpaired) electrons. The molecule has 4 rings (SSSR count). The van der Waals surface area contributed by atoms with Crippen LogP contribution in [0.5, 0.6) is 23.0 Å². The van der Waals surface area contributed by atoms with Crippen LogP contribution in [0.15, 0.2) is 70.7 Å². The van der Waals surface area contributed by atoms with E-state index in [1.54, 1.807) is 24.3 Å². The van der Waals surface area contributed by atoms with Crippen molar-refractivity contribution in [3.05, 3.63) is 87.7 Å². The zero-order valence-electron chi connectivity index (χ0n) is 25.4. The van der Waals surface area contributed by atoms with E-state index >= 15 is 0 Å². The van der Waals surface area contributed by atoms with Crippen LogP contribution in [0.2, 0.25) is 10.0 Å². The van der Waals surface area contributed by atoms with Gasteiger partial charge >= 0.3 is 0 Å². The predicted octanol–water partition coefficient (Wildman–Crippen LogP) is 5.78. The molecule has 1 N–H and O–H groups in total. The molecular formula is C31H32Cl2N4O7S. The number of aromatic nitrogens is 1. The number of carbonyl (C=O) groups is 1. The maximum Gasteiger partial charge on any atom is 0.265 e. The van der Waals surface area contributed by atoms with Gasteiger partial charge in [-0.25, -0.2) is 13.8 Å². The number of rotatable bonds is 12. The molecule has 0 aliphatic carbocycles. The number of carbonyl (C=O) groups excluding carboxylic acids is 1. The Bertz CT molecular complexity index is 1860. The van der Waals surface area contributed by atoms with E-state index in [4.69, 9.17) is 42.1 Å². The number of hydrogen-bond acceptors (Lipinski definition) is 8. The summed E-state index contributed by atoms with van der Waals surface area (Å²) in [5.41, 5.74) is 5.65. The van der Waals surface area contributed by atoms with Crippen LogP contribution in [0.4, 0.5) is 5.69 Å². The van der Waals surface area contributed by atoms with Crippen molar-refractivity contribution < 1.29 is 32.2 Å². The second kappa shape index (κ2) is 14.1. The number of hydrazone groups is 1. The Balaban J connectivity index is 1.66. The molecule has 0 saturated heterocycles. The molecule has 0 spiro atoms. The average molecular weight is 676 g/mol. The quantitative estimate of drug-likeness (QED) is 0.149. The van der Waals surface area contributed by atoms with Crippen LogP contribution in [0.1, 0.15) is 17.0 Å². The third kappa shape index (κ3) is 7.14. The number of hydrogen-bond donors (Lipinski definition) is 1. The second-order valence-corrected chi connectivity index (χ2v) is 12.3. The molecule has 0 fully saturated rings. The molecule has 0 bridgehead atoms. The standard InChI is InChI=1S/C31H32Cl2N4O7S/c1-19-13-21(20(2)37(19)26-10-7-22(32)14-25(26)33)17-34-35-31(38)18-36(27-15-23(41-3)8-11-28(27)42-4)45(39,40)24-9-12-29(43-5)30(16-24)44-6/h7-17H,18H2,1-6H3,(H,35,38)/b34-17-. The summed E-state index contributed by atoms with van der Waals surface area (Å²) in [5.74, 6) is 0.376. The molecule has 14 heteroatoms. The summed E-state index contributed by atoms with van der Waals surface area (Å²) < 4.78 is 52.3. The van der Waals surface area contributed by atoms with Crippen molar-refractivity contribution in [2.45, 2.75) is 18.7 Å². The van der Waals surface area contributed by atoms with Gasteiger partial charge in [0.2, 0.25) is 0 Å². The van der Waals surface area contributed by atoms with Gasteiger partial charge in [-0.15, -0.1) is 0 Å². The number of sulfonamides is 1. The fraction of sp³-hybridized carbons (Fsp3) is 0.226. The van der Waals surface area contributed by atoms with Crippen molar-refractivity contribution in [3.63, 3.8) is 0 Å². The lowest BCUT2D eigenvalue weighted by Crippen LogP contribution is -2.39. The Morgan fingerprint density at radius 3 is 2.22 bits per heavy atom. The van der Waals surface area contributed by atoms with Gasteiger partial charge < -0.3 is 23.5 Å². The molecule has 1 aromatic heterocycles. The lowest BCUT2D eigenvalue weighted by molar-refractivity contribution is -0.119. The molecule has 3 aromatic carbocycles. The van der Waals surface area contributed by atoms with Crippen LogP contribution in [0.25, 0.3) is 5.69 Å². The van der Waals surface area contributed by atoms with Crippen molar-refractivity contribution >= 4 is 51.0 Å². The van der Waals surface area contributed by atoms with Gasteiger partial charge in [0.15, 0.2) is 11.5 Å². The van der Waals surface area contributed by atoms with E-state index in [9.17, 15) is 13.2 Å². The van der Waals surface area contributed by atoms with Crippen molar-refractivity contribution in [3.8, 4) is 28.7 Å².